The van der Waals surface area contributed by atoms with E-state index in [1.807, 2.05) is 0 Å². The fourth-order valence-corrected chi connectivity index (χ4v) is 7.31. The fraction of sp³-hybridized carbons (Fsp3) is 0.607. The van der Waals surface area contributed by atoms with Crippen LogP contribution in [0.25, 0.3) is 0 Å². The topological polar surface area (TPSA) is 178 Å². The van der Waals surface area contributed by atoms with Crippen molar-refractivity contribution in [3.8, 4) is 11.5 Å². The Balaban J connectivity index is 1.34. The predicted molar refractivity (Wildman–Crippen MR) is 131 cm³/mol. The molecule has 0 spiro atoms. The van der Waals surface area contributed by atoms with Crippen LogP contribution in [0.15, 0.2) is 11.1 Å². The molecule has 40 heavy (non-hydrogen) atoms. The van der Waals surface area contributed by atoms with Gasteiger partial charge in [-0.25, -0.2) is 0 Å². The SMILES string of the molecule is C[C@@H]1O[C@@H]2CC(=O)O[C@@H]2c2c(O)c3c(c(O)c21)C(=O)C1=C(C3=O)[C@H]2C[C@@H](O[C@H]3CC[C@H](O)[C@H](C)O3)[C@]1(O)[C@@H](C)O2. The van der Waals surface area contributed by atoms with Crippen LogP contribution in [0.3, 0.4) is 0 Å². The number of hydrogen-bond donors (Lipinski definition) is 4. The molecular weight excluding hydrogens is 528 g/mol. The molecule has 12 nitrogen and oxygen atoms in total. The van der Waals surface area contributed by atoms with Crippen molar-refractivity contribution in [1.82, 2.24) is 0 Å². The van der Waals surface area contributed by atoms with E-state index >= 15 is 0 Å². The van der Waals surface area contributed by atoms with Crippen molar-refractivity contribution < 1.29 is 58.5 Å². The van der Waals surface area contributed by atoms with Gasteiger partial charge < -0.3 is 44.1 Å². The van der Waals surface area contributed by atoms with Crippen LogP contribution in [0, 0.1) is 0 Å². The molecule has 7 aliphatic rings. The highest BCUT2D eigenvalue weighted by atomic mass is 16.7. The highest BCUT2D eigenvalue weighted by Crippen LogP contribution is 2.57. The summed E-state index contributed by atoms with van der Waals surface area (Å²) < 4.78 is 29.1. The molecule has 8 rings (SSSR count). The smallest absolute Gasteiger partial charge is 0.309 e. The Morgan fingerprint density at radius 3 is 2.35 bits per heavy atom. The maximum absolute atomic E-state index is 14.2. The average Bonchev–Trinajstić information content (AvgIpc) is 3.26. The summed E-state index contributed by atoms with van der Waals surface area (Å²) in [7, 11) is 0. The summed E-state index contributed by atoms with van der Waals surface area (Å²) in [5.41, 5.74) is -3.18. The van der Waals surface area contributed by atoms with E-state index in [2.05, 4.69) is 0 Å². The first-order valence-corrected chi connectivity index (χ1v) is 13.6. The second-order valence-corrected chi connectivity index (χ2v) is 11.5. The van der Waals surface area contributed by atoms with Gasteiger partial charge in [0.05, 0.1) is 54.2 Å². The molecule has 2 bridgehead atoms. The Morgan fingerprint density at radius 1 is 0.925 bits per heavy atom. The van der Waals surface area contributed by atoms with E-state index in [4.69, 9.17) is 23.7 Å². The van der Waals surface area contributed by atoms with Crippen LogP contribution < -0.4 is 0 Å². The number of ketones is 2. The quantitative estimate of drug-likeness (QED) is 0.303. The maximum Gasteiger partial charge on any atom is 0.309 e. The van der Waals surface area contributed by atoms with Gasteiger partial charge in [-0.2, -0.15) is 0 Å². The number of hydrogen-bond acceptors (Lipinski definition) is 12. The summed E-state index contributed by atoms with van der Waals surface area (Å²) in [5, 5.41) is 44.9. The Labute approximate surface area is 228 Å². The normalized spacial score (nSPS) is 41.8. The zero-order chi connectivity index (χ0) is 28.4. The minimum atomic E-state index is -2.07. The zero-order valence-electron chi connectivity index (χ0n) is 22.1. The molecule has 5 heterocycles. The molecule has 1 aromatic carbocycles. The molecule has 214 valence electrons. The first-order valence-electron chi connectivity index (χ1n) is 13.6. The van der Waals surface area contributed by atoms with Crippen LogP contribution in [0.5, 0.6) is 11.5 Å². The number of aromatic hydroxyl groups is 2. The van der Waals surface area contributed by atoms with Crippen LogP contribution >= 0.6 is 0 Å². The number of fused-ring (bicyclic) bond motifs is 6. The standard InChI is InChI=1S/C28H30O12/c1-8-11(29)4-5-16(37-8)39-14-6-12-18-22(28(14,35)10(3)38-12)26(34)20-19(24(18)32)25(33)21-17(23(20)31)9(2)36-13-7-15(30)40-27(13)21/h8-14,16,27,29,31,33,35H,4-7H2,1-3H3/t8-,9-,10+,11-,12+,13+,14+,16-,27-,28+/m0/s1. The highest BCUT2D eigenvalue weighted by molar-refractivity contribution is 6.30. The lowest BCUT2D eigenvalue weighted by molar-refractivity contribution is -0.291. The van der Waals surface area contributed by atoms with Crippen molar-refractivity contribution in [3.63, 3.8) is 0 Å². The van der Waals surface area contributed by atoms with Gasteiger partial charge in [-0.3, -0.25) is 14.4 Å². The van der Waals surface area contributed by atoms with Crippen LogP contribution in [-0.2, 0) is 28.5 Å². The summed E-state index contributed by atoms with van der Waals surface area (Å²) in [6.45, 7) is 4.88. The van der Waals surface area contributed by atoms with E-state index in [0.29, 0.717) is 12.8 Å². The second kappa shape index (κ2) is 8.57. The molecular formula is C28H30O12. The molecule has 4 N–H and O–H groups in total. The molecule has 2 aliphatic carbocycles. The summed E-state index contributed by atoms with van der Waals surface area (Å²) >= 11 is 0. The van der Waals surface area contributed by atoms with Crippen molar-refractivity contribution in [2.45, 2.75) is 107 Å². The number of aliphatic hydroxyl groups excluding tert-OH is 1. The van der Waals surface area contributed by atoms with E-state index in [1.54, 1.807) is 20.8 Å². The average molecular weight is 559 g/mol. The molecule has 12 heteroatoms. The number of phenols is 2. The number of rotatable bonds is 2. The molecule has 3 fully saturated rings. The molecule has 10 atom stereocenters. The molecule has 0 radical (unpaired) electrons. The van der Waals surface area contributed by atoms with E-state index in [-0.39, 0.29) is 35.1 Å². The second-order valence-electron chi connectivity index (χ2n) is 11.5. The van der Waals surface area contributed by atoms with Gasteiger partial charge in [-0.1, -0.05) is 0 Å². The summed E-state index contributed by atoms with van der Waals surface area (Å²) in [6.07, 6.45) is -6.58. The monoisotopic (exact) mass is 558 g/mol. The van der Waals surface area contributed by atoms with Gasteiger partial charge in [0.1, 0.15) is 23.2 Å². The minimum Gasteiger partial charge on any atom is -0.507 e. The van der Waals surface area contributed by atoms with Gasteiger partial charge in [0.25, 0.3) is 0 Å². The Kier molecular flexibility index (Phi) is 5.58. The molecule has 1 aromatic rings. The lowest BCUT2D eigenvalue weighted by Gasteiger charge is -2.54. The van der Waals surface area contributed by atoms with Crippen molar-refractivity contribution >= 4 is 17.5 Å². The Morgan fingerprint density at radius 2 is 1.62 bits per heavy atom. The fourth-order valence-electron chi connectivity index (χ4n) is 7.31. The van der Waals surface area contributed by atoms with Gasteiger partial charge in [0.15, 0.2) is 24.0 Å². The van der Waals surface area contributed by atoms with Crippen LogP contribution in [0.1, 0.15) is 90.5 Å². The van der Waals surface area contributed by atoms with E-state index in [9.17, 15) is 34.8 Å². The van der Waals surface area contributed by atoms with Gasteiger partial charge in [-0.15, -0.1) is 0 Å². The van der Waals surface area contributed by atoms with E-state index in [1.165, 1.54) is 0 Å². The number of carbonyl (C=O) groups is 3. The first-order chi connectivity index (χ1) is 18.9. The third-order valence-electron chi connectivity index (χ3n) is 9.31. The lowest BCUT2D eigenvalue weighted by Crippen LogP contribution is -2.67. The third-order valence-corrected chi connectivity index (χ3v) is 9.31. The number of ether oxygens (including phenoxy) is 5. The molecule has 0 aromatic heterocycles. The van der Waals surface area contributed by atoms with Crippen LogP contribution in [0.2, 0.25) is 0 Å². The van der Waals surface area contributed by atoms with Crippen molar-refractivity contribution in [2.24, 2.45) is 0 Å². The Hall–Kier alpha value is -2.87. The Bertz CT molecular complexity index is 1400. The molecule has 0 unspecified atom stereocenters. The third kappa shape index (κ3) is 3.25. The van der Waals surface area contributed by atoms with Gasteiger partial charge >= 0.3 is 5.97 Å². The summed E-state index contributed by atoms with van der Waals surface area (Å²) in [4.78, 5) is 40.2. The predicted octanol–water partition coefficient (Wildman–Crippen LogP) is 1.41. The van der Waals surface area contributed by atoms with Crippen LogP contribution in [-0.4, -0.2) is 86.5 Å². The van der Waals surface area contributed by atoms with Gasteiger partial charge in [-0.05, 0) is 27.2 Å². The number of carbonyl (C=O) groups excluding carboxylic acids is 3. The van der Waals surface area contributed by atoms with Crippen LogP contribution in [0.4, 0.5) is 0 Å². The minimum absolute atomic E-state index is 0.0374. The van der Waals surface area contributed by atoms with Crippen molar-refractivity contribution in [2.75, 3.05) is 0 Å². The maximum atomic E-state index is 14.2. The molecule has 0 saturated carbocycles. The molecule has 3 saturated heterocycles. The van der Waals surface area contributed by atoms with Crippen molar-refractivity contribution in [3.05, 3.63) is 33.4 Å². The van der Waals surface area contributed by atoms with E-state index < -0.39 is 101 Å². The number of benzene rings is 1. The van der Waals surface area contributed by atoms with Crippen molar-refractivity contribution in [1.29, 1.82) is 0 Å². The summed E-state index contributed by atoms with van der Waals surface area (Å²) in [5.74, 6) is -3.28. The largest absolute Gasteiger partial charge is 0.507 e. The van der Waals surface area contributed by atoms with Gasteiger partial charge in [0, 0.05) is 35.1 Å². The first kappa shape index (κ1) is 26.1. The number of Topliss-reactive ketones (excluding diaryl/α,β-unsaturated/α-hetero) is 2. The zero-order valence-corrected chi connectivity index (χ0v) is 22.1. The highest BCUT2D eigenvalue weighted by Gasteiger charge is 2.64. The molecule has 0 amide bonds. The lowest BCUT2D eigenvalue weighted by atomic mass is 9.63. The van der Waals surface area contributed by atoms with Gasteiger partial charge in [0.2, 0.25) is 0 Å². The summed E-state index contributed by atoms with van der Waals surface area (Å²) in [6, 6.07) is 0. The molecule has 5 aliphatic heterocycles. The van der Waals surface area contributed by atoms with E-state index in [0.717, 1.165) is 0 Å². The number of esters is 1. The number of phenolic OH excluding ortho intramolecular Hbond substituents is 2. The number of aliphatic hydroxyl groups is 2.